The van der Waals surface area contributed by atoms with Crippen molar-refractivity contribution in [3.05, 3.63) is 58.9 Å². The van der Waals surface area contributed by atoms with Crippen molar-refractivity contribution in [2.24, 2.45) is 5.92 Å². The number of halogens is 4. The first-order valence-corrected chi connectivity index (χ1v) is 7.77. The predicted molar refractivity (Wildman–Crippen MR) is 80.5 cm³/mol. The summed E-state index contributed by atoms with van der Waals surface area (Å²) in [5.74, 6) is -1.98. The lowest BCUT2D eigenvalue weighted by Gasteiger charge is -2.12. The van der Waals surface area contributed by atoms with Crippen molar-refractivity contribution in [3.63, 3.8) is 0 Å². The largest absolute Gasteiger partial charge is 0.489 e. The highest BCUT2D eigenvalue weighted by molar-refractivity contribution is 5.79. The maximum Gasteiger partial charge on any atom is 0.419 e. The van der Waals surface area contributed by atoms with Crippen molar-refractivity contribution in [2.45, 2.75) is 24.8 Å². The van der Waals surface area contributed by atoms with Gasteiger partial charge in [0.05, 0.1) is 5.56 Å². The molecule has 3 atom stereocenters. The zero-order valence-corrected chi connectivity index (χ0v) is 13.1. The Morgan fingerprint density at radius 2 is 1.96 bits per heavy atom. The van der Waals surface area contributed by atoms with Crippen LogP contribution in [-0.4, -0.2) is 17.2 Å². The second kappa shape index (κ2) is 5.62. The quantitative estimate of drug-likeness (QED) is 0.830. The maximum atomic E-state index is 13.6. The third-order valence-electron chi connectivity index (χ3n) is 4.59. The Bertz CT molecular complexity index is 893. The molecular formula is C18H12F4O4. The molecule has 1 aliphatic heterocycles. The topological polar surface area (TPSA) is 55.8 Å². The van der Waals surface area contributed by atoms with Crippen LogP contribution in [0.4, 0.5) is 17.6 Å². The summed E-state index contributed by atoms with van der Waals surface area (Å²) in [6, 6.07) is 7.57. The number of ether oxygens (including phenoxy) is 2. The molecule has 0 amide bonds. The van der Waals surface area contributed by atoms with Crippen LogP contribution in [0.3, 0.4) is 0 Å². The lowest BCUT2D eigenvalue weighted by Crippen LogP contribution is -2.09. The number of rotatable bonds is 4. The predicted octanol–water partition coefficient (Wildman–Crippen LogP) is 3.98. The van der Waals surface area contributed by atoms with Gasteiger partial charge in [0.15, 0.2) is 0 Å². The molecule has 2 aromatic carbocycles. The normalized spacial score (nSPS) is 23.0. The molecule has 8 heteroatoms. The molecule has 1 heterocycles. The second-order valence-electron chi connectivity index (χ2n) is 6.27. The van der Waals surface area contributed by atoms with E-state index in [-0.39, 0.29) is 24.2 Å². The number of benzene rings is 2. The van der Waals surface area contributed by atoms with Gasteiger partial charge in [-0.15, -0.1) is 0 Å². The van der Waals surface area contributed by atoms with Crippen LogP contribution in [0.2, 0.25) is 0 Å². The Morgan fingerprint density at radius 3 is 2.62 bits per heavy atom. The third kappa shape index (κ3) is 2.75. The van der Waals surface area contributed by atoms with E-state index < -0.39 is 29.4 Å². The summed E-state index contributed by atoms with van der Waals surface area (Å²) >= 11 is 0. The van der Waals surface area contributed by atoms with E-state index in [2.05, 4.69) is 0 Å². The lowest BCUT2D eigenvalue weighted by atomic mass is 10.1. The molecule has 1 fully saturated rings. The van der Waals surface area contributed by atoms with Crippen molar-refractivity contribution in [1.82, 2.24) is 0 Å². The van der Waals surface area contributed by atoms with Gasteiger partial charge in [0, 0.05) is 17.5 Å². The fraction of sp³-hybridized carbons (Fsp3) is 0.278. The molecule has 2 aromatic rings. The van der Waals surface area contributed by atoms with Crippen LogP contribution in [0, 0.1) is 11.7 Å². The van der Waals surface area contributed by atoms with Crippen LogP contribution in [-0.2, 0) is 17.6 Å². The standard InChI is InChI=1S/C18H12F4O4/c19-12-5-8(1-4-11(12)18(20,21)22)7-25-9-2-3-10-13(6-9)26-16-14(10)15(16)17(23)24/h1-6,14-16H,7H2,(H,23,24)/t14-,15-,16-/m1/s1. The molecule has 136 valence electrons. The fourth-order valence-electron chi connectivity index (χ4n) is 3.27. The van der Waals surface area contributed by atoms with E-state index in [4.69, 9.17) is 14.6 Å². The number of hydrogen-bond acceptors (Lipinski definition) is 3. The van der Waals surface area contributed by atoms with Gasteiger partial charge >= 0.3 is 12.1 Å². The van der Waals surface area contributed by atoms with E-state index in [1.807, 2.05) is 0 Å². The van der Waals surface area contributed by atoms with E-state index in [0.29, 0.717) is 17.6 Å². The Kier molecular flexibility index (Phi) is 3.61. The first-order valence-electron chi connectivity index (χ1n) is 7.77. The monoisotopic (exact) mass is 368 g/mol. The highest BCUT2D eigenvalue weighted by Gasteiger charge is 2.63. The zero-order valence-electron chi connectivity index (χ0n) is 13.1. The van der Waals surface area contributed by atoms with Gasteiger partial charge in [0.2, 0.25) is 0 Å². The summed E-state index contributed by atoms with van der Waals surface area (Å²) in [6.45, 7) is -0.113. The van der Waals surface area contributed by atoms with Gasteiger partial charge in [0.25, 0.3) is 0 Å². The molecule has 0 bridgehead atoms. The minimum atomic E-state index is -4.74. The van der Waals surface area contributed by atoms with E-state index in [9.17, 15) is 22.4 Å². The van der Waals surface area contributed by atoms with Crippen LogP contribution in [0.15, 0.2) is 36.4 Å². The molecule has 1 saturated carbocycles. The SMILES string of the molecule is O=C(O)[C@H]1[C@@H]2Oc3cc(OCc4ccc(C(F)(F)F)c(F)c4)ccc3[C@@H]21. The number of carboxylic acids is 1. The van der Waals surface area contributed by atoms with Gasteiger partial charge in [-0.05, 0) is 23.8 Å². The number of aliphatic carboxylic acids is 1. The van der Waals surface area contributed by atoms with E-state index in [0.717, 1.165) is 17.7 Å². The first-order chi connectivity index (χ1) is 12.3. The number of carbonyl (C=O) groups is 1. The Morgan fingerprint density at radius 1 is 1.19 bits per heavy atom. The van der Waals surface area contributed by atoms with Crippen molar-refractivity contribution < 1.29 is 36.9 Å². The van der Waals surface area contributed by atoms with Crippen molar-refractivity contribution >= 4 is 5.97 Å². The van der Waals surface area contributed by atoms with Gasteiger partial charge in [-0.25, -0.2) is 4.39 Å². The molecule has 1 N–H and O–H groups in total. The van der Waals surface area contributed by atoms with E-state index in [1.165, 1.54) is 0 Å². The van der Waals surface area contributed by atoms with Gasteiger partial charge in [0.1, 0.15) is 35.9 Å². The van der Waals surface area contributed by atoms with Crippen LogP contribution >= 0.6 is 0 Å². The molecule has 0 radical (unpaired) electrons. The van der Waals surface area contributed by atoms with Gasteiger partial charge in [-0.1, -0.05) is 12.1 Å². The summed E-state index contributed by atoms with van der Waals surface area (Å²) in [7, 11) is 0. The van der Waals surface area contributed by atoms with Crippen LogP contribution in [0.5, 0.6) is 11.5 Å². The average molecular weight is 368 g/mol. The first kappa shape index (κ1) is 16.7. The summed E-state index contributed by atoms with van der Waals surface area (Å²) in [5, 5.41) is 9.04. The molecule has 1 aliphatic carbocycles. The van der Waals surface area contributed by atoms with Crippen LogP contribution in [0.1, 0.15) is 22.6 Å². The minimum Gasteiger partial charge on any atom is -0.489 e. The van der Waals surface area contributed by atoms with Crippen molar-refractivity contribution in [3.8, 4) is 11.5 Å². The Labute approximate surface area is 145 Å². The molecule has 4 rings (SSSR count). The molecular weight excluding hydrogens is 356 g/mol. The van der Waals surface area contributed by atoms with E-state index >= 15 is 0 Å². The average Bonchev–Trinajstić information content (AvgIpc) is 3.15. The van der Waals surface area contributed by atoms with E-state index in [1.54, 1.807) is 18.2 Å². The van der Waals surface area contributed by atoms with Crippen LogP contribution < -0.4 is 9.47 Å². The minimum absolute atomic E-state index is 0.113. The smallest absolute Gasteiger partial charge is 0.419 e. The summed E-state index contributed by atoms with van der Waals surface area (Å²) in [4.78, 5) is 11.0. The number of alkyl halides is 3. The summed E-state index contributed by atoms with van der Waals surface area (Å²) in [6.07, 6.45) is -5.10. The van der Waals surface area contributed by atoms with Crippen LogP contribution in [0.25, 0.3) is 0 Å². The maximum absolute atomic E-state index is 13.6. The third-order valence-corrected chi connectivity index (χ3v) is 4.59. The van der Waals surface area contributed by atoms with Gasteiger partial charge < -0.3 is 14.6 Å². The highest BCUT2D eigenvalue weighted by atomic mass is 19.4. The molecule has 0 spiro atoms. The highest BCUT2D eigenvalue weighted by Crippen LogP contribution is 2.58. The second-order valence-corrected chi connectivity index (χ2v) is 6.27. The van der Waals surface area contributed by atoms with Gasteiger partial charge in [-0.2, -0.15) is 13.2 Å². The molecule has 26 heavy (non-hydrogen) atoms. The zero-order chi connectivity index (χ0) is 18.6. The molecule has 0 saturated heterocycles. The molecule has 0 aromatic heterocycles. The molecule has 0 unspecified atom stereocenters. The Hall–Kier alpha value is -2.77. The fourth-order valence-corrected chi connectivity index (χ4v) is 3.27. The number of carboxylic acid groups (broad SMARTS) is 1. The molecule has 2 aliphatic rings. The summed E-state index contributed by atoms with van der Waals surface area (Å²) < 4.78 is 62.3. The lowest BCUT2D eigenvalue weighted by molar-refractivity contribution is -0.140. The summed E-state index contributed by atoms with van der Waals surface area (Å²) in [5.41, 5.74) is -0.263. The molecule has 4 nitrogen and oxygen atoms in total. The number of hydrogen-bond donors (Lipinski definition) is 1. The number of fused-ring (bicyclic) bond motifs is 3. The Balaban J connectivity index is 1.44. The van der Waals surface area contributed by atoms with Crippen molar-refractivity contribution in [2.75, 3.05) is 0 Å². The van der Waals surface area contributed by atoms with Gasteiger partial charge in [-0.3, -0.25) is 4.79 Å². The van der Waals surface area contributed by atoms with Crippen molar-refractivity contribution in [1.29, 1.82) is 0 Å².